The molecule has 0 amide bonds. The first-order chi connectivity index (χ1) is 9.98. The molecule has 1 N–H and O–H groups in total. The van der Waals surface area contributed by atoms with E-state index in [1.165, 1.54) is 11.1 Å². The number of nitrogens with zero attached hydrogens (tertiary/aromatic N) is 2. The lowest BCUT2D eigenvalue weighted by Gasteiger charge is -2.18. The van der Waals surface area contributed by atoms with Crippen molar-refractivity contribution in [1.29, 1.82) is 0 Å². The van der Waals surface area contributed by atoms with Gasteiger partial charge in [0.25, 0.3) is 0 Å². The molecule has 21 heavy (non-hydrogen) atoms. The van der Waals surface area contributed by atoms with E-state index in [1.807, 2.05) is 17.9 Å². The molecule has 4 heteroatoms. The third kappa shape index (κ3) is 2.75. The Balaban J connectivity index is 1.80. The van der Waals surface area contributed by atoms with Crippen LogP contribution in [0.3, 0.4) is 0 Å². The number of hydrogen-bond acceptors (Lipinski definition) is 3. The number of hydrogen-bond donors (Lipinski definition) is 1. The maximum absolute atomic E-state index is 6.11. The minimum absolute atomic E-state index is 0.0959. The number of fused-ring (bicyclic) bond motifs is 1. The summed E-state index contributed by atoms with van der Waals surface area (Å²) in [6.45, 7) is 7.17. The smallest absolute Gasteiger partial charge is 0.128 e. The summed E-state index contributed by atoms with van der Waals surface area (Å²) in [6.07, 6.45) is 3.94. The fraction of sp³-hybridized carbons (Fsp3) is 0.471. The van der Waals surface area contributed by atoms with Crippen molar-refractivity contribution < 1.29 is 4.74 Å². The van der Waals surface area contributed by atoms with E-state index < -0.39 is 0 Å². The van der Waals surface area contributed by atoms with Crippen LogP contribution in [0.25, 0.3) is 0 Å². The zero-order valence-electron chi connectivity index (χ0n) is 13.2. The monoisotopic (exact) mass is 285 g/mol. The molecule has 0 radical (unpaired) electrons. The fourth-order valence-electron chi connectivity index (χ4n) is 2.95. The molecule has 0 unspecified atom stereocenters. The SMILES string of the molecule is CCc1nn(C)cc1NCc1cccc2c1OC(C)(C)C2. The Kier molecular flexibility index (Phi) is 3.40. The normalized spacial score (nSPS) is 15.6. The van der Waals surface area contributed by atoms with Crippen molar-refractivity contribution in [2.45, 2.75) is 45.8 Å². The molecule has 0 fully saturated rings. The highest BCUT2D eigenvalue weighted by atomic mass is 16.5. The van der Waals surface area contributed by atoms with Crippen LogP contribution in [-0.2, 0) is 26.4 Å². The van der Waals surface area contributed by atoms with Crippen molar-refractivity contribution in [2.75, 3.05) is 5.32 Å². The zero-order valence-corrected chi connectivity index (χ0v) is 13.2. The summed E-state index contributed by atoms with van der Waals surface area (Å²) >= 11 is 0. The second-order valence-electron chi connectivity index (χ2n) is 6.31. The molecule has 1 aromatic heterocycles. The Hall–Kier alpha value is -1.97. The van der Waals surface area contributed by atoms with Gasteiger partial charge in [0, 0.05) is 31.8 Å². The minimum atomic E-state index is -0.0959. The lowest BCUT2D eigenvalue weighted by atomic mass is 10.0. The molecule has 1 aliphatic rings. The van der Waals surface area contributed by atoms with Crippen molar-refractivity contribution in [3.05, 3.63) is 41.2 Å². The summed E-state index contributed by atoms with van der Waals surface area (Å²) in [7, 11) is 1.95. The molecule has 0 aliphatic carbocycles. The van der Waals surface area contributed by atoms with Crippen LogP contribution in [0.15, 0.2) is 24.4 Å². The summed E-state index contributed by atoms with van der Waals surface area (Å²) < 4.78 is 7.97. The summed E-state index contributed by atoms with van der Waals surface area (Å²) in [5.74, 6) is 1.05. The van der Waals surface area contributed by atoms with E-state index in [4.69, 9.17) is 4.74 Å². The maximum Gasteiger partial charge on any atom is 0.128 e. The molecule has 0 bridgehead atoms. The molecule has 4 nitrogen and oxygen atoms in total. The van der Waals surface area contributed by atoms with Gasteiger partial charge >= 0.3 is 0 Å². The van der Waals surface area contributed by atoms with E-state index in [0.717, 1.165) is 36.5 Å². The third-order valence-electron chi connectivity index (χ3n) is 3.88. The number of benzene rings is 1. The predicted octanol–water partition coefficient (Wildman–Crippen LogP) is 3.31. The number of ether oxygens (including phenoxy) is 1. The second kappa shape index (κ2) is 5.10. The van der Waals surface area contributed by atoms with Gasteiger partial charge in [0.15, 0.2) is 0 Å². The lowest BCUT2D eigenvalue weighted by molar-refractivity contribution is 0.137. The van der Waals surface area contributed by atoms with E-state index in [0.29, 0.717) is 0 Å². The molecule has 112 valence electrons. The molecular weight excluding hydrogens is 262 g/mol. The summed E-state index contributed by atoms with van der Waals surface area (Å²) in [5, 5.41) is 7.95. The number of aryl methyl sites for hydroxylation is 2. The van der Waals surface area contributed by atoms with Crippen LogP contribution < -0.4 is 10.1 Å². The van der Waals surface area contributed by atoms with Crippen LogP contribution in [0, 0.1) is 0 Å². The van der Waals surface area contributed by atoms with Crippen LogP contribution in [0.2, 0.25) is 0 Å². The average molecular weight is 285 g/mol. The molecule has 3 rings (SSSR count). The quantitative estimate of drug-likeness (QED) is 0.936. The zero-order chi connectivity index (χ0) is 15.0. The second-order valence-corrected chi connectivity index (χ2v) is 6.31. The van der Waals surface area contributed by atoms with Gasteiger partial charge < -0.3 is 10.1 Å². The highest BCUT2D eigenvalue weighted by Crippen LogP contribution is 2.37. The molecule has 0 atom stereocenters. The molecule has 0 spiro atoms. The van der Waals surface area contributed by atoms with Gasteiger partial charge in [-0.2, -0.15) is 5.10 Å². The topological polar surface area (TPSA) is 39.1 Å². The Morgan fingerprint density at radius 2 is 2.19 bits per heavy atom. The first-order valence-corrected chi connectivity index (χ1v) is 7.54. The van der Waals surface area contributed by atoms with Crippen LogP contribution in [0.4, 0.5) is 5.69 Å². The highest BCUT2D eigenvalue weighted by Gasteiger charge is 2.31. The Morgan fingerprint density at radius 3 is 2.95 bits per heavy atom. The van der Waals surface area contributed by atoms with Gasteiger partial charge in [-0.05, 0) is 25.8 Å². The lowest BCUT2D eigenvalue weighted by Crippen LogP contribution is -2.25. The van der Waals surface area contributed by atoms with Gasteiger partial charge in [-0.15, -0.1) is 0 Å². The van der Waals surface area contributed by atoms with E-state index in [9.17, 15) is 0 Å². The van der Waals surface area contributed by atoms with E-state index in [2.05, 4.69) is 49.4 Å². The standard InChI is InChI=1S/C17H23N3O/c1-5-14-15(11-20(4)19-14)18-10-13-8-6-7-12-9-17(2,3)21-16(12)13/h6-8,11,18H,5,9-10H2,1-4H3. The molecule has 2 heterocycles. The predicted molar refractivity (Wildman–Crippen MR) is 84.8 cm³/mol. The number of aromatic nitrogens is 2. The third-order valence-corrected chi connectivity index (χ3v) is 3.88. The van der Waals surface area contributed by atoms with Gasteiger partial charge in [0.05, 0.1) is 11.4 Å². The average Bonchev–Trinajstić information content (AvgIpc) is 2.94. The van der Waals surface area contributed by atoms with Crippen LogP contribution in [0.5, 0.6) is 5.75 Å². The van der Waals surface area contributed by atoms with E-state index in [-0.39, 0.29) is 5.60 Å². The van der Waals surface area contributed by atoms with E-state index in [1.54, 1.807) is 0 Å². The van der Waals surface area contributed by atoms with Gasteiger partial charge in [0.2, 0.25) is 0 Å². The van der Waals surface area contributed by atoms with Gasteiger partial charge in [-0.3, -0.25) is 4.68 Å². The first-order valence-electron chi connectivity index (χ1n) is 7.54. The van der Waals surface area contributed by atoms with Crippen molar-refractivity contribution >= 4 is 5.69 Å². The van der Waals surface area contributed by atoms with Gasteiger partial charge in [-0.1, -0.05) is 25.1 Å². The summed E-state index contributed by atoms with van der Waals surface area (Å²) in [5.41, 5.74) is 4.63. The molecule has 0 saturated carbocycles. The molecule has 1 aromatic carbocycles. The number of nitrogens with one attached hydrogen (secondary N) is 1. The van der Waals surface area contributed by atoms with Crippen molar-refractivity contribution in [1.82, 2.24) is 9.78 Å². The van der Waals surface area contributed by atoms with Crippen LogP contribution >= 0.6 is 0 Å². The maximum atomic E-state index is 6.11. The minimum Gasteiger partial charge on any atom is -0.487 e. The van der Waals surface area contributed by atoms with Gasteiger partial charge in [0.1, 0.15) is 11.4 Å². The fourth-order valence-corrected chi connectivity index (χ4v) is 2.95. The van der Waals surface area contributed by atoms with E-state index >= 15 is 0 Å². The largest absolute Gasteiger partial charge is 0.487 e. The van der Waals surface area contributed by atoms with Crippen LogP contribution in [-0.4, -0.2) is 15.4 Å². The Labute approximate surface area is 126 Å². The molecule has 1 aliphatic heterocycles. The number of para-hydroxylation sites is 1. The Bertz CT molecular complexity index is 658. The molecular formula is C17H23N3O. The number of rotatable bonds is 4. The first kappa shape index (κ1) is 14.0. The van der Waals surface area contributed by atoms with Crippen LogP contribution in [0.1, 0.15) is 37.6 Å². The summed E-state index contributed by atoms with van der Waals surface area (Å²) in [6, 6.07) is 6.41. The van der Waals surface area contributed by atoms with Crippen molar-refractivity contribution in [3.63, 3.8) is 0 Å². The molecule has 2 aromatic rings. The Morgan fingerprint density at radius 1 is 1.38 bits per heavy atom. The van der Waals surface area contributed by atoms with Gasteiger partial charge in [-0.25, -0.2) is 0 Å². The highest BCUT2D eigenvalue weighted by molar-refractivity contribution is 5.50. The molecule has 0 saturated heterocycles. The van der Waals surface area contributed by atoms with Crippen molar-refractivity contribution in [3.8, 4) is 5.75 Å². The van der Waals surface area contributed by atoms with Crippen molar-refractivity contribution in [2.24, 2.45) is 7.05 Å². The number of anilines is 1. The summed E-state index contributed by atoms with van der Waals surface area (Å²) in [4.78, 5) is 0.